The lowest BCUT2D eigenvalue weighted by molar-refractivity contribution is 0.232. The number of anilines is 1. The Morgan fingerprint density at radius 2 is 2.11 bits per heavy atom. The third-order valence-electron chi connectivity index (χ3n) is 2.41. The number of rotatable bonds is 6. The molecule has 0 atom stereocenters. The zero-order chi connectivity index (χ0) is 13.5. The molecule has 0 amide bonds. The van der Waals surface area contributed by atoms with Crippen LogP contribution >= 0.6 is 0 Å². The lowest BCUT2D eigenvalue weighted by atomic mass is 10.3. The van der Waals surface area contributed by atoms with Gasteiger partial charge in [0.15, 0.2) is 0 Å². The van der Waals surface area contributed by atoms with Gasteiger partial charge in [-0.15, -0.1) is 0 Å². The largest absolute Gasteiger partial charge is 0.475 e. The Labute approximate surface area is 113 Å². The van der Waals surface area contributed by atoms with E-state index in [-0.39, 0.29) is 6.10 Å². The van der Waals surface area contributed by atoms with Crippen molar-refractivity contribution in [3.05, 3.63) is 42.5 Å². The van der Waals surface area contributed by atoms with Crippen LogP contribution < -0.4 is 10.1 Å². The minimum absolute atomic E-state index is 0.108. The molecule has 2 aromatic heterocycles. The van der Waals surface area contributed by atoms with Gasteiger partial charge < -0.3 is 10.1 Å². The summed E-state index contributed by atoms with van der Waals surface area (Å²) < 4.78 is 5.52. The lowest BCUT2D eigenvalue weighted by Gasteiger charge is -2.10. The SMILES string of the molecule is CC(C)Oc1cc(NCCc2ccccn2)ncn1. The van der Waals surface area contributed by atoms with E-state index in [9.17, 15) is 0 Å². The van der Waals surface area contributed by atoms with Crippen LogP contribution in [0.2, 0.25) is 0 Å². The number of nitrogens with zero attached hydrogens (tertiary/aromatic N) is 3. The predicted octanol–water partition coefficient (Wildman–Crippen LogP) is 2.31. The van der Waals surface area contributed by atoms with Gasteiger partial charge >= 0.3 is 0 Å². The molecular weight excluding hydrogens is 240 g/mol. The first-order valence-corrected chi connectivity index (χ1v) is 6.36. The van der Waals surface area contributed by atoms with Crippen LogP contribution in [0.4, 0.5) is 5.82 Å². The van der Waals surface area contributed by atoms with Crippen molar-refractivity contribution in [1.82, 2.24) is 15.0 Å². The second kappa shape index (κ2) is 6.68. The molecule has 0 aromatic carbocycles. The molecule has 19 heavy (non-hydrogen) atoms. The molecule has 0 unspecified atom stereocenters. The molecule has 5 heteroatoms. The second-order valence-corrected chi connectivity index (χ2v) is 4.41. The van der Waals surface area contributed by atoms with Crippen molar-refractivity contribution in [2.45, 2.75) is 26.4 Å². The van der Waals surface area contributed by atoms with Crippen molar-refractivity contribution < 1.29 is 4.74 Å². The smallest absolute Gasteiger partial charge is 0.218 e. The van der Waals surface area contributed by atoms with Gasteiger partial charge in [-0.2, -0.15) is 0 Å². The summed E-state index contributed by atoms with van der Waals surface area (Å²) >= 11 is 0. The molecule has 0 aliphatic rings. The number of pyridine rings is 1. The van der Waals surface area contributed by atoms with Crippen molar-refractivity contribution in [1.29, 1.82) is 0 Å². The molecule has 0 bridgehead atoms. The van der Waals surface area contributed by atoms with E-state index in [0.717, 1.165) is 24.5 Å². The first kappa shape index (κ1) is 13.3. The summed E-state index contributed by atoms with van der Waals surface area (Å²) in [7, 11) is 0. The minimum atomic E-state index is 0.108. The average Bonchev–Trinajstić information content (AvgIpc) is 2.40. The van der Waals surface area contributed by atoms with Crippen LogP contribution in [0.5, 0.6) is 5.88 Å². The summed E-state index contributed by atoms with van der Waals surface area (Å²) in [5.41, 5.74) is 1.06. The van der Waals surface area contributed by atoms with Crippen LogP contribution in [0.3, 0.4) is 0 Å². The highest BCUT2D eigenvalue weighted by Gasteiger charge is 2.01. The first-order valence-electron chi connectivity index (χ1n) is 6.36. The zero-order valence-corrected chi connectivity index (χ0v) is 11.2. The monoisotopic (exact) mass is 258 g/mol. The Morgan fingerprint density at radius 1 is 1.21 bits per heavy atom. The third-order valence-corrected chi connectivity index (χ3v) is 2.41. The van der Waals surface area contributed by atoms with Gasteiger partial charge in [-0.05, 0) is 26.0 Å². The molecule has 1 N–H and O–H groups in total. The Bertz CT molecular complexity index is 502. The molecule has 5 nitrogen and oxygen atoms in total. The number of aromatic nitrogens is 3. The van der Waals surface area contributed by atoms with Crippen molar-refractivity contribution >= 4 is 5.82 Å². The van der Waals surface area contributed by atoms with E-state index in [1.165, 1.54) is 6.33 Å². The zero-order valence-electron chi connectivity index (χ0n) is 11.2. The molecule has 0 saturated heterocycles. The fourth-order valence-electron chi connectivity index (χ4n) is 1.61. The predicted molar refractivity (Wildman–Crippen MR) is 74.2 cm³/mol. The molecule has 0 saturated carbocycles. The highest BCUT2D eigenvalue weighted by atomic mass is 16.5. The minimum Gasteiger partial charge on any atom is -0.475 e. The van der Waals surface area contributed by atoms with Crippen LogP contribution in [-0.4, -0.2) is 27.6 Å². The molecule has 100 valence electrons. The summed E-state index contributed by atoms with van der Waals surface area (Å²) in [6, 6.07) is 7.71. The van der Waals surface area contributed by atoms with Crippen molar-refractivity contribution in [2.75, 3.05) is 11.9 Å². The van der Waals surface area contributed by atoms with E-state index in [1.54, 1.807) is 12.3 Å². The maximum atomic E-state index is 5.52. The molecule has 2 aromatic rings. The molecule has 0 aliphatic carbocycles. The quantitative estimate of drug-likeness (QED) is 0.861. The fraction of sp³-hybridized carbons (Fsp3) is 0.357. The Kier molecular flexibility index (Phi) is 4.66. The average molecular weight is 258 g/mol. The third kappa shape index (κ3) is 4.54. The van der Waals surface area contributed by atoms with Crippen LogP contribution in [0.25, 0.3) is 0 Å². The van der Waals surface area contributed by atoms with Crippen molar-refractivity contribution in [3.8, 4) is 5.88 Å². The highest BCUT2D eigenvalue weighted by Crippen LogP contribution is 2.12. The number of hydrogen-bond donors (Lipinski definition) is 1. The van der Waals surface area contributed by atoms with E-state index in [1.807, 2.05) is 32.0 Å². The van der Waals surface area contributed by atoms with Crippen LogP contribution in [0.15, 0.2) is 36.8 Å². The number of ether oxygens (including phenoxy) is 1. The van der Waals surface area contributed by atoms with E-state index in [2.05, 4.69) is 20.3 Å². The second-order valence-electron chi connectivity index (χ2n) is 4.41. The summed E-state index contributed by atoms with van der Waals surface area (Å²) in [6.45, 7) is 4.71. The molecule has 2 heterocycles. The summed E-state index contributed by atoms with van der Waals surface area (Å²) in [4.78, 5) is 12.5. The van der Waals surface area contributed by atoms with Gasteiger partial charge in [-0.25, -0.2) is 9.97 Å². The molecule has 0 aliphatic heterocycles. The van der Waals surface area contributed by atoms with Gasteiger partial charge in [0.1, 0.15) is 12.1 Å². The maximum absolute atomic E-state index is 5.52. The Hall–Kier alpha value is -2.17. The van der Waals surface area contributed by atoms with Gasteiger partial charge in [0, 0.05) is 30.9 Å². The van der Waals surface area contributed by atoms with Crippen LogP contribution in [-0.2, 0) is 6.42 Å². The topological polar surface area (TPSA) is 59.9 Å². The van der Waals surface area contributed by atoms with E-state index in [4.69, 9.17) is 4.74 Å². The van der Waals surface area contributed by atoms with Crippen molar-refractivity contribution in [2.24, 2.45) is 0 Å². The Morgan fingerprint density at radius 3 is 2.84 bits per heavy atom. The van der Waals surface area contributed by atoms with E-state index in [0.29, 0.717) is 5.88 Å². The summed E-state index contributed by atoms with van der Waals surface area (Å²) in [5.74, 6) is 1.35. The Balaban J connectivity index is 1.86. The lowest BCUT2D eigenvalue weighted by Crippen LogP contribution is -2.10. The summed E-state index contributed by atoms with van der Waals surface area (Å²) in [5, 5.41) is 3.24. The molecular formula is C14H18N4O. The van der Waals surface area contributed by atoms with E-state index >= 15 is 0 Å². The van der Waals surface area contributed by atoms with Gasteiger partial charge in [-0.3, -0.25) is 4.98 Å². The first-order chi connectivity index (χ1) is 9.24. The number of hydrogen-bond acceptors (Lipinski definition) is 5. The van der Waals surface area contributed by atoms with Gasteiger partial charge in [0.2, 0.25) is 5.88 Å². The van der Waals surface area contributed by atoms with Gasteiger partial charge in [0.05, 0.1) is 6.10 Å². The molecule has 2 rings (SSSR count). The van der Waals surface area contributed by atoms with Gasteiger partial charge in [0.25, 0.3) is 0 Å². The fourth-order valence-corrected chi connectivity index (χ4v) is 1.61. The maximum Gasteiger partial charge on any atom is 0.218 e. The normalized spacial score (nSPS) is 10.5. The molecule has 0 spiro atoms. The van der Waals surface area contributed by atoms with Crippen LogP contribution in [0.1, 0.15) is 19.5 Å². The molecule has 0 radical (unpaired) electrons. The van der Waals surface area contributed by atoms with Gasteiger partial charge in [-0.1, -0.05) is 6.07 Å². The van der Waals surface area contributed by atoms with E-state index < -0.39 is 0 Å². The van der Waals surface area contributed by atoms with Crippen LogP contribution in [0, 0.1) is 0 Å². The summed E-state index contributed by atoms with van der Waals surface area (Å²) in [6.07, 6.45) is 4.26. The standard InChI is InChI=1S/C14H18N4O/c1-11(2)19-14-9-13(17-10-18-14)16-8-6-12-5-3-4-7-15-12/h3-5,7,9-11H,6,8H2,1-2H3,(H,16,17,18). The van der Waals surface area contributed by atoms with Crippen molar-refractivity contribution in [3.63, 3.8) is 0 Å². The number of nitrogens with one attached hydrogen (secondary N) is 1. The molecule has 0 fully saturated rings. The highest BCUT2D eigenvalue weighted by molar-refractivity contribution is 5.37.